The summed E-state index contributed by atoms with van der Waals surface area (Å²) < 4.78 is 1.62. The highest BCUT2D eigenvalue weighted by Gasteiger charge is 2.17. The van der Waals surface area contributed by atoms with Gasteiger partial charge in [0.05, 0.1) is 0 Å². The fraction of sp³-hybridized carbons (Fsp3) is 0.636. The summed E-state index contributed by atoms with van der Waals surface area (Å²) >= 11 is 1.54. The van der Waals surface area contributed by atoms with E-state index in [1.165, 1.54) is 0 Å². The van der Waals surface area contributed by atoms with Gasteiger partial charge in [-0.3, -0.25) is 4.79 Å². The summed E-state index contributed by atoms with van der Waals surface area (Å²) in [5.74, 6) is 1.09. The summed E-state index contributed by atoms with van der Waals surface area (Å²) in [4.78, 5) is 11.8. The minimum absolute atomic E-state index is 0.150. The van der Waals surface area contributed by atoms with E-state index >= 15 is 0 Å². The first-order valence-corrected chi connectivity index (χ1v) is 7.04. The third-order valence-electron chi connectivity index (χ3n) is 2.85. The SMILES string of the molecule is Cn1nnnc1SCCNC(=O)[C@@H]1CC=CCC1. The highest BCUT2D eigenvalue weighted by Crippen LogP contribution is 2.18. The lowest BCUT2D eigenvalue weighted by Crippen LogP contribution is -2.32. The predicted octanol–water partition coefficient (Wildman–Crippen LogP) is 0.775. The van der Waals surface area contributed by atoms with E-state index < -0.39 is 0 Å². The van der Waals surface area contributed by atoms with E-state index in [-0.39, 0.29) is 11.8 Å². The average Bonchev–Trinajstić information content (AvgIpc) is 2.81. The predicted molar refractivity (Wildman–Crippen MR) is 69.0 cm³/mol. The monoisotopic (exact) mass is 267 g/mol. The summed E-state index contributed by atoms with van der Waals surface area (Å²) in [5.41, 5.74) is 0. The minimum Gasteiger partial charge on any atom is -0.355 e. The molecule has 0 unspecified atom stereocenters. The maximum atomic E-state index is 11.8. The van der Waals surface area contributed by atoms with Gasteiger partial charge in [-0.15, -0.1) is 5.10 Å². The zero-order chi connectivity index (χ0) is 12.8. The van der Waals surface area contributed by atoms with Crippen LogP contribution in [-0.4, -0.2) is 38.4 Å². The number of carbonyl (C=O) groups excluding carboxylic acids is 1. The molecular formula is C11H17N5OS. The first kappa shape index (κ1) is 13.1. The fourth-order valence-corrected chi connectivity index (χ4v) is 2.54. The van der Waals surface area contributed by atoms with E-state index in [1.54, 1.807) is 23.5 Å². The van der Waals surface area contributed by atoms with Crippen molar-refractivity contribution in [2.45, 2.75) is 24.4 Å². The second-order valence-electron chi connectivity index (χ2n) is 4.21. The molecule has 2 rings (SSSR count). The van der Waals surface area contributed by atoms with Crippen molar-refractivity contribution in [2.24, 2.45) is 13.0 Å². The van der Waals surface area contributed by atoms with Gasteiger partial charge in [0.2, 0.25) is 11.1 Å². The molecule has 0 spiro atoms. The van der Waals surface area contributed by atoms with Crippen molar-refractivity contribution >= 4 is 17.7 Å². The number of amides is 1. The van der Waals surface area contributed by atoms with Gasteiger partial charge in [0.1, 0.15) is 0 Å². The topological polar surface area (TPSA) is 72.7 Å². The van der Waals surface area contributed by atoms with Crippen molar-refractivity contribution in [1.82, 2.24) is 25.5 Å². The maximum absolute atomic E-state index is 11.8. The molecule has 7 heteroatoms. The van der Waals surface area contributed by atoms with Crippen molar-refractivity contribution in [1.29, 1.82) is 0 Å². The Balaban J connectivity index is 1.65. The first-order chi connectivity index (χ1) is 8.77. The van der Waals surface area contributed by atoms with Crippen LogP contribution in [0.15, 0.2) is 17.3 Å². The normalized spacial score (nSPS) is 18.8. The van der Waals surface area contributed by atoms with Crippen LogP contribution in [-0.2, 0) is 11.8 Å². The summed E-state index contributed by atoms with van der Waals surface area (Å²) in [5, 5.41) is 14.9. The average molecular weight is 267 g/mol. The Labute approximate surface area is 110 Å². The van der Waals surface area contributed by atoms with Gasteiger partial charge in [0.15, 0.2) is 0 Å². The van der Waals surface area contributed by atoms with Crippen LogP contribution >= 0.6 is 11.8 Å². The van der Waals surface area contributed by atoms with Gasteiger partial charge in [0, 0.05) is 25.3 Å². The Morgan fingerprint density at radius 2 is 2.50 bits per heavy atom. The maximum Gasteiger partial charge on any atom is 0.223 e. The fourth-order valence-electron chi connectivity index (χ4n) is 1.84. The van der Waals surface area contributed by atoms with Crippen LogP contribution in [0.3, 0.4) is 0 Å². The van der Waals surface area contributed by atoms with Crippen LogP contribution < -0.4 is 5.32 Å². The second kappa shape index (κ2) is 6.53. The molecule has 98 valence electrons. The molecule has 0 saturated carbocycles. The molecule has 0 radical (unpaired) electrons. The lowest BCUT2D eigenvalue weighted by atomic mass is 9.94. The molecule has 1 aliphatic carbocycles. The highest BCUT2D eigenvalue weighted by atomic mass is 32.2. The number of allylic oxidation sites excluding steroid dienone is 2. The molecule has 1 aromatic rings. The number of carbonyl (C=O) groups is 1. The van der Waals surface area contributed by atoms with Gasteiger partial charge in [-0.2, -0.15) is 0 Å². The number of hydrogen-bond donors (Lipinski definition) is 1. The molecule has 1 aliphatic rings. The van der Waals surface area contributed by atoms with Crippen molar-refractivity contribution in [2.75, 3.05) is 12.3 Å². The Hall–Kier alpha value is -1.37. The van der Waals surface area contributed by atoms with E-state index in [2.05, 4.69) is 33.0 Å². The number of nitrogens with zero attached hydrogens (tertiary/aromatic N) is 4. The summed E-state index contributed by atoms with van der Waals surface area (Å²) in [7, 11) is 1.80. The van der Waals surface area contributed by atoms with E-state index in [9.17, 15) is 4.79 Å². The van der Waals surface area contributed by atoms with E-state index in [4.69, 9.17) is 0 Å². The van der Waals surface area contributed by atoms with Gasteiger partial charge in [-0.1, -0.05) is 23.9 Å². The van der Waals surface area contributed by atoms with Crippen molar-refractivity contribution in [3.8, 4) is 0 Å². The summed E-state index contributed by atoms with van der Waals surface area (Å²) in [6.07, 6.45) is 7.07. The zero-order valence-corrected chi connectivity index (χ0v) is 11.2. The Morgan fingerprint density at radius 1 is 1.61 bits per heavy atom. The molecule has 0 fully saturated rings. The van der Waals surface area contributed by atoms with Gasteiger partial charge >= 0.3 is 0 Å². The lowest BCUT2D eigenvalue weighted by molar-refractivity contribution is -0.125. The minimum atomic E-state index is 0.150. The quantitative estimate of drug-likeness (QED) is 0.485. The third-order valence-corrected chi connectivity index (χ3v) is 3.87. The standard InChI is InChI=1S/C11H17N5OS/c1-16-11(13-14-15-16)18-8-7-12-10(17)9-5-3-2-4-6-9/h2-3,9H,4-8H2,1H3,(H,12,17)/t9-/m1/s1. The first-order valence-electron chi connectivity index (χ1n) is 6.05. The number of thioether (sulfide) groups is 1. The van der Waals surface area contributed by atoms with Gasteiger partial charge in [0.25, 0.3) is 0 Å². The highest BCUT2D eigenvalue weighted by molar-refractivity contribution is 7.99. The van der Waals surface area contributed by atoms with Crippen molar-refractivity contribution in [3.63, 3.8) is 0 Å². The number of hydrogen-bond acceptors (Lipinski definition) is 5. The number of rotatable bonds is 5. The zero-order valence-electron chi connectivity index (χ0n) is 10.4. The number of aryl methyl sites for hydroxylation is 1. The van der Waals surface area contributed by atoms with Gasteiger partial charge < -0.3 is 5.32 Å². The van der Waals surface area contributed by atoms with Crippen LogP contribution in [0.4, 0.5) is 0 Å². The van der Waals surface area contributed by atoms with Crippen LogP contribution in [0.1, 0.15) is 19.3 Å². The Bertz CT molecular complexity index is 431. The molecule has 1 N–H and O–H groups in total. The second-order valence-corrected chi connectivity index (χ2v) is 5.27. The van der Waals surface area contributed by atoms with E-state index in [0.717, 1.165) is 30.2 Å². The Morgan fingerprint density at radius 3 is 3.17 bits per heavy atom. The van der Waals surface area contributed by atoms with Crippen molar-refractivity contribution < 1.29 is 4.79 Å². The summed E-state index contributed by atoms with van der Waals surface area (Å²) in [6.45, 7) is 0.649. The lowest BCUT2D eigenvalue weighted by Gasteiger charge is -2.16. The molecule has 1 aromatic heterocycles. The molecular weight excluding hydrogens is 250 g/mol. The molecule has 1 heterocycles. The Kier molecular flexibility index (Phi) is 4.74. The smallest absolute Gasteiger partial charge is 0.223 e. The van der Waals surface area contributed by atoms with Gasteiger partial charge in [-0.05, 0) is 29.7 Å². The molecule has 1 amide bonds. The molecule has 18 heavy (non-hydrogen) atoms. The molecule has 1 atom stereocenters. The van der Waals surface area contributed by atoms with Crippen LogP contribution in [0.2, 0.25) is 0 Å². The largest absolute Gasteiger partial charge is 0.355 e. The number of tetrazole rings is 1. The summed E-state index contributed by atoms with van der Waals surface area (Å²) in [6, 6.07) is 0. The van der Waals surface area contributed by atoms with Crippen LogP contribution in [0.5, 0.6) is 0 Å². The number of nitrogens with one attached hydrogen (secondary N) is 1. The van der Waals surface area contributed by atoms with E-state index in [0.29, 0.717) is 6.54 Å². The van der Waals surface area contributed by atoms with E-state index in [1.807, 2.05) is 0 Å². The molecule has 0 aromatic carbocycles. The van der Waals surface area contributed by atoms with Crippen LogP contribution in [0.25, 0.3) is 0 Å². The molecule has 0 bridgehead atoms. The third kappa shape index (κ3) is 3.56. The molecule has 0 saturated heterocycles. The molecule has 6 nitrogen and oxygen atoms in total. The van der Waals surface area contributed by atoms with Gasteiger partial charge in [-0.25, -0.2) is 4.68 Å². The van der Waals surface area contributed by atoms with Crippen molar-refractivity contribution in [3.05, 3.63) is 12.2 Å². The molecule has 0 aliphatic heterocycles. The number of aromatic nitrogens is 4. The van der Waals surface area contributed by atoms with Crippen LogP contribution in [0, 0.1) is 5.92 Å².